The Morgan fingerprint density at radius 2 is 0.532 bits per heavy atom. The normalized spacial score (nSPS) is 20.0. The van der Waals surface area contributed by atoms with Crippen LogP contribution in [-0.4, -0.2) is 33.2 Å². The van der Waals surface area contributed by atoms with Crippen LogP contribution in [0.5, 0.6) is 0 Å². The van der Waals surface area contributed by atoms with Gasteiger partial charge in [-0.1, -0.05) is 244 Å². The minimum absolute atomic E-state index is 0.449. The summed E-state index contributed by atoms with van der Waals surface area (Å²) < 4.78 is 52.1. The maximum absolute atomic E-state index is 9.11. The standard InChI is InChI=1S/C23H28N2.C23H22N2.2C18H20N2.C17H18N2/c2*1-18-11-9-10-16-22(18)24-17-25(21-14-7-4-8-15-21)23(19(24)2)20-12-5-3-6-13-20;2*1-14-9-7-8-12-18(14)20-13-19(15(2)16(20)3)17-10-5-4-6-11-17;1-13-8-6-7-11-16(13)19-12-18-17(14(19)2)15-9-4-3-5-10-15/h4,7-11,14-16,20H,3,5-6,12-13,17H2,1-2H3;3-16H,17H2,1-2H3;2*4-12H,13H2,1-3H3;3-11,18H,12H2,1-2H3/i2*17D;2*13D;12D/hD. The number of para-hydroxylation sites is 9. The van der Waals surface area contributed by atoms with E-state index in [1.807, 2.05) is 183 Å². The van der Waals surface area contributed by atoms with E-state index < -0.39 is 33.2 Å². The van der Waals surface area contributed by atoms with Crippen molar-refractivity contribution in [2.45, 2.75) is 115 Å². The average molecular weight is 1440 g/mol. The number of nitrogens with zero attached hydrogens (tertiary/aromatic N) is 9. The highest BCUT2D eigenvalue weighted by atomic mass is 15.4. The number of hydrogen-bond donors (Lipinski definition) is 1. The van der Waals surface area contributed by atoms with Gasteiger partial charge in [0.1, 0.15) is 0 Å². The molecule has 0 aromatic heterocycles. The highest BCUT2D eigenvalue weighted by Crippen LogP contribution is 2.44. The van der Waals surface area contributed by atoms with Crippen molar-refractivity contribution < 1.29 is 8.27 Å². The Morgan fingerprint density at radius 3 is 0.908 bits per heavy atom. The van der Waals surface area contributed by atoms with Crippen LogP contribution in [0.1, 0.15) is 126 Å². The molecule has 1 aliphatic carbocycles. The van der Waals surface area contributed by atoms with E-state index in [1.54, 1.807) is 0 Å². The smallest absolute Gasteiger partial charge is 0.162 e. The van der Waals surface area contributed by atoms with E-state index in [2.05, 4.69) is 248 Å². The number of benzene rings is 11. The molecule has 0 radical (unpaired) electrons. The number of nitrogens with one attached hydrogen (secondary N) is 1. The maximum atomic E-state index is 9.11. The molecule has 5 unspecified atom stereocenters. The zero-order valence-corrected chi connectivity index (χ0v) is 65.3. The quantitative estimate of drug-likeness (QED) is 0.128. The Hall–Kier alpha value is -11.9. The molecule has 5 aliphatic heterocycles. The van der Waals surface area contributed by atoms with Crippen molar-refractivity contribution in [2.75, 3.05) is 77.3 Å². The maximum Gasteiger partial charge on any atom is 0.162 e. The van der Waals surface area contributed by atoms with Crippen LogP contribution in [-0.2, 0) is 0 Å². The van der Waals surface area contributed by atoms with Gasteiger partial charge in [-0.2, -0.15) is 0 Å². The molecule has 0 bridgehead atoms. The second-order valence-corrected chi connectivity index (χ2v) is 28.6. The first-order chi connectivity index (χ1) is 55.7. The molecule has 0 spiro atoms. The molecule has 1 N–H and O–H groups in total. The van der Waals surface area contributed by atoms with Crippen LogP contribution < -0.4 is 49.4 Å². The second-order valence-electron chi connectivity index (χ2n) is 28.6. The lowest BCUT2D eigenvalue weighted by Crippen LogP contribution is -2.29. The second kappa shape index (κ2) is 35.2. The summed E-state index contributed by atoms with van der Waals surface area (Å²) in [6.45, 7) is 22.4. The van der Waals surface area contributed by atoms with E-state index in [4.69, 9.17) is 8.27 Å². The van der Waals surface area contributed by atoms with Crippen LogP contribution in [0.15, 0.2) is 349 Å². The van der Waals surface area contributed by atoms with Gasteiger partial charge >= 0.3 is 0 Å². The van der Waals surface area contributed by atoms with E-state index in [-0.39, 0.29) is 0 Å². The predicted molar refractivity (Wildman–Crippen MR) is 466 cm³/mol. The molecule has 5 heterocycles. The van der Waals surface area contributed by atoms with Gasteiger partial charge in [0.05, 0.1) is 51.5 Å². The number of allylic oxidation sites excluding steroid dienone is 8. The minimum atomic E-state index is -0.763. The average Bonchev–Trinajstić information content (AvgIpc) is 1.61. The van der Waals surface area contributed by atoms with Crippen molar-refractivity contribution >= 4 is 62.6 Å². The summed E-state index contributed by atoms with van der Waals surface area (Å²) in [5, 5.41) is 1.27. The Labute approximate surface area is 658 Å². The largest absolute Gasteiger partial charge is 0.366 e. The van der Waals surface area contributed by atoms with Crippen LogP contribution in [0.3, 0.4) is 0 Å². The Bertz CT molecular complexity index is 5170. The number of anilines is 9. The van der Waals surface area contributed by atoms with Crippen LogP contribution in [0.4, 0.5) is 51.2 Å². The van der Waals surface area contributed by atoms with Gasteiger partial charge in [0.25, 0.3) is 0 Å². The highest BCUT2D eigenvalue weighted by Gasteiger charge is 2.36. The molecule has 1 saturated carbocycles. The van der Waals surface area contributed by atoms with E-state index >= 15 is 0 Å². The Kier molecular flexibility index (Phi) is 21.9. The van der Waals surface area contributed by atoms with E-state index in [0.717, 1.165) is 113 Å². The molecule has 11 aromatic carbocycles. The summed E-state index contributed by atoms with van der Waals surface area (Å²) in [4.78, 5) is 18.9. The van der Waals surface area contributed by atoms with Crippen LogP contribution >= 0.6 is 0 Å². The van der Waals surface area contributed by atoms with E-state index in [9.17, 15) is 0 Å². The third-order valence-corrected chi connectivity index (χ3v) is 21.5. The number of aryl methyl sites for hydroxylation is 5. The van der Waals surface area contributed by atoms with Gasteiger partial charge in [0.15, 0.2) is 1.41 Å². The van der Waals surface area contributed by atoms with Crippen LogP contribution in [0.2, 0.25) is 1.41 Å². The summed E-state index contributed by atoms with van der Waals surface area (Å²) in [7, 11) is 0. The molecule has 11 aromatic rings. The summed E-state index contributed by atoms with van der Waals surface area (Å²) in [5.41, 5.74) is 28.7. The summed E-state index contributed by atoms with van der Waals surface area (Å²) in [6.07, 6.45) is 6.43. The minimum Gasteiger partial charge on any atom is -0.366 e. The van der Waals surface area contributed by atoms with Gasteiger partial charge in [-0.15, -0.1) is 0 Å². The Morgan fingerprint density at radius 1 is 0.257 bits per heavy atom. The lowest BCUT2D eigenvalue weighted by atomic mass is 9.86. The lowest BCUT2D eigenvalue weighted by molar-refractivity contribution is 0.397. The monoisotopic (exact) mass is 1440 g/mol. The molecule has 109 heavy (non-hydrogen) atoms. The molecule has 5 atom stereocenters. The number of hydrogen-bond acceptors (Lipinski definition) is 10. The molecule has 0 saturated heterocycles. The molecule has 17 rings (SSSR count). The van der Waals surface area contributed by atoms with Crippen molar-refractivity contribution in [1.82, 2.24) is 5.31 Å². The van der Waals surface area contributed by atoms with Crippen LogP contribution in [0.25, 0.3) is 11.4 Å². The van der Waals surface area contributed by atoms with Crippen molar-refractivity contribution in [3.63, 3.8) is 0 Å². The summed E-state index contributed by atoms with van der Waals surface area (Å²) in [6, 6.07) is 102. The predicted octanol–water partition coefficient (Wildman–Crippen LogP) is 24.6. The fraction of sp³-hybridized carbons (Fsp3) is 0.232. The summed E-state index contributed by atoms with van der Waals surface area (Å²) in [5.74, 6) is 0.561. The fourth-order valence-electron chi connectivity index (χ4n) is 15.1. The van der Waals surface area contributed by atoms with Gasteiger partial charge in [-0.25, -0.2) is 0 Å². The van der Waals surface area contributed by atoms with Crippen molar-refractivity contribution in [1.29, 1.82) is 0 Å². The fourth-order valence-corrected chi connectivity index (χ4v) is 15.1. The Balaban J connectivity index is 0.000000126. The zero-order chi connectivity index (χ0) is 81.1. The first kappa shape index (κ1) is 67.7. The molecule has 554 valence electrons. The zero-order valence-electron chi connectivity index (χ0n) is 71.3. The third-order valence-electron chi connectivity index (χ3n) is 21.5. The van der Waals surface area contributed by atoms with Gasteiger partial charge in [-0.3, -0.25) is 0 Å². The molecular formula is C99H108N10. The first-order valence-electron chi connectivity index (χ1n) is 41.6. The van der Waals surface area contributed by atoms with E-state index in [0.29, 0.717) is 5.92 Å². The molecule has 6 aliphatic rings. The molecule has 0 amide bonds. The first-order valence-corrected chi connectivity index (χ1v) is 38.3. The van der Waals surface area contributed by atoms with Crippen molar-refractivity contribution in [3.05, 3.63) is 388 Å². The third kappa shape index (κ3) is 17.0. The van der Waals surface area contributed by atoms with Crippen molar-refractivity contribution in [3.8, 4) is 0 Å². The summed E-state index contributed by atoms with van der Waals surface area (Å²) >= 11 is 0. The molecule has 10 nitrogen and oxygen atoms in total. The van der Waals surface area contributed by atoms with Gasteiger partial charge < -0.3 is 49.4 Å². The van der Waals surface area contributed by atoms with Gasteiger partial charge in [0.2, 0.25) is 0 Å². The lowest BCUT2D eigenvalue weighted by Gasteiger charge is -2.30. The molecule has 1 fully saturated rings. The number of rotatable bonds is 12. The molecule has 10 heteroatoms. The van der Waals surface area contributed by atoms with Crippen molar-refractivity contribution in [2.24, 2.45) is 5.92 Å². The highest BCUT2D eigenvalue weighted by molar-refractivity contribution is 5.88. The molecular weight excluding hydrogens is 1330 g/mol. The van der Waals surface area contributed by atoms with Gasteiger partial charge in [0, 0.05) is 103 Å². The van der Waals surface area contributed by atoms with Gasteiger partial charge in [-0.05, 0) is 214 Å². The van der Waals surface area contributed by atoms with E-state index in [1.165, 1.54) is 71.1 Å². The SMILES string of the molecule is [2H]C1N([2H])C(c2ccccc2)=C(C)N1c1ccccc1C.[2H]C1N(c2ccccc2)C(C)=C(C)N1c1ccccc1C.[2H]C1N(c2ccccc2)C(C)=C(C)N1c1ccccc1C.[2H]C1N(c2ccccc2)C(C2CCCCC2)=C(C)N1c1ccccc1C.[2H]C1N(c2ccccc2)C(c2ccccc2)=C(C)N1c1ccccc1C. The van der Waals surface area contributed by atoms with Crippen LogP contribution in [0, 0.1) is 40.5 Å². The topological polar surface area (TPSA) is 41.2 Å².